The van der Waals surface area contributed by atoms with Crippen LogP contribution in [0.15, 0.2) is 30.8 Å². The highest BCUT2D eigenvalue weighted by Crippen LogP contribution is 2.15. The molecule has 0 amide bonds. The third-order valence-corrected chi connectivity index (χ3v) is 5.31. The molecule has 0 aliphatic carbocycles. The van der Waals surface area contributed by atoms with E-state index in [9.17, 15) is 0 Å². The Labute approximate surface area is 93.9 Å². The van der Waals surface area contributed by atoms with Gasteiger partial charge >= 0.3 is 0 Å². The average molecular weight is 220 g/mol. The highest BCUT2D eigenvalue weighted by molar-refractivity contribution is 6.71. The van der Waals surface area contributed by atoms with Crippen LogP contribution in [-0.4, -0.2) is 15.4 Å². The molecule has 0 radical (unpaired) electrons. The van der Waals surface area contributed by atoms with E-state index in [1.165, 1.54) is 17.2 Å². The monoisotopic (exact) mass is 220 g/mol. The van der Waals surface area contributed by atoms with Gasteiger partial charge in [-0.25, -0.2) is 0 Å². The molecule has 0 atom stereocenters. The van der Waals surface area contributed by atoms with E-state index in [-0.39, 0.29) is 0 Å². The summed E-state index contributed by atoms with van der Waals surface area (Å²) in [6.07, 6.45) is 3.00. The van der Waals surface area contributed by atoms with E-state index >= 15 is 0 Å². The normalized spacial score (nSPS) is 11.4. The van der Waals surface area contributed by atoms with Gasteiger partial charge in [-0.05, 0) is 36.7 Å². The lowest BCUT2D eigenvalue weighted by atomic mass is 10.1. The summed E-state index contributed by atoms with van der Waals surface area (Å²) in [5.74, 6) is 0. The molecule has 1 aromatic rings. The van der Waals surface area contributed by atoms with Crippen LogP contribution in [-0.2, 0) is 10.8 Å². The number of hydrogen-bond acceptors (Lipinski definition) is 1. The SMILES string of the molecule is C=Cc1cccc(CC[Si](C)(C)OC)c1. The quantitative estimate of drug-likeness (QED) is 0.687. The maximum atomic E-state index is 5.53. The van der Waals surface area contributed by atoms with Gasteiger partial charge in [-0.2, -0.15) is 0 Å². The van der Waals surface area contributed by atoms with Crippen molar-refractivity contribution in [3.05, 3.63) is 42.0 Å². The lowest BCUT2D eigenvalue weighted by Gasteiger charge is -2.19. The Morgan fingerprint density at radius 3 is 2.73 bits per heavy atom. The highest BCUT2D eigenvalue weighted by atomic mass is 28.4. The number of aryl methyl sites for hydroxylation is 1. The fraction of sp³-hybridized carbons (Fsp3) is 0.385. The van der Waals surface area contributed by atoms with Gasteiger partial charge in [0, 0.05) is 7.11 Å². The van der Waals surface area contributed by atoms with Gasteiger partial charge in [-0.1, -0.05) is 36.9 Å². The highest BCUT2D eigenvalue weighted by Gasteiger charge is 2.19. The first-order valence-corrected chi connectivity index (χ1v) is 8.45. The summed E-state index contributed by atoms with van der Waals surface area (Å²) in [4.78, 5) is 0. The van der Waals surface area contributed by atoms with Crippen LogP contribution in [0.4, 0.5) is 0 Å². The van der Waals surface area contributed by atoms with Crippen LogP contribution in [0.25, 0.3) is 6.08 Å². The molecule has 0 aliphatic rings. The van der Waals surface area contributed by atoms with E-state index < -0.39 is 8.32 Å². The third kappa shape index (κ3) is 4.02. The van der Waals surface area contributed by atoms with Crippen LogP contribution in [0, 0.1) is 0 Å². The van der Waals surface area contributed by atoms with Crippen LogP contribution in [0.1, 0.15) is 11.1 Å². The predicted molar refractivity (Wildman–Crippen MR) is 69.5 cm³/mol. The van der Waals surface area contributed by atoms with Gasteiger partial charge in [0.1, 0.15) is 0 Å². The molecular formula is C13H20OSi. The molecule has 1 nitrogen and oxygen atoms in total. The van der Waals surface area contributed by atoms with E-state index in [0.29, 0.717) is 0 Å². The van der Waals surface area contributed by atoms with E-state index in [1.54, 1.807) is 0 Å². The number of rotatable bonds is 5. The largest absolute Gasteiger partial charge is 0.420 e. The van der Waals surface area contributed by atoms with Crippen LogP contribution < -0.4 is 0 Å². The molecule has 0 N–H and O–H groups in total. The Morgan fingerprint density at radius 1 is 1.40 bits per heavy atom. The Balaban J connectivity index is 2.61. The molecule has 1 aromatic carbocycles. The van der Waals surface area contributed by atoms with Crippen LogP contribution in [0.5, 0.6) is 0 Å². The van der Waals surface area contributed by atoms with Crippen LogP contribution in [0.2, 0.25) is 19.1 Å². The molecule has 0 fully saturated rings. The van der Waals surface area contributed by atoms with Crippen molar-refractivity contribution in [3.8, 4) is 0 Å². The maximum absolute atomic E-state index is 5.53. The molecular weight excluding hydrogens is 200 g/mol. The molecule has 0 heterocycles. The Hall–Kier alpha value is -0.863. The van der Waals surface area contributed by atoms with E-state index in [2.05, 4.69) is 43.9 Å². The molecule has 82 valence electrons. The van der Waals surface area contributed by atoms with Gasteiger partial charge in [0.25, 0.3) is 0 Å². The standard InChI is InChI=1S/C13H20OSi/c1-5-12-7-6-8-13(11-12)9-10-15(3,4)14-2/h5-8,11H,1,9-10H2,2-4H3. The number of benzene rings is 1. The van der Waals surface area contributed by atoms with E-state index in [0.717, 1.165) is 6.42 Å². The molecule has 15 heavy (non-hydrogen) atoms. The zero-order valence-corrected chi connectivity index (χ0v) is 10.9. The van der Waals surface area contributed by atoms with Crippen molar-refractivity contribution >= 4 is 14.4 Å². The summed E-state index contributed by atoms with van der Waals surface area (Å²) >= 11 is 0. The van der Waals surface area contributed by atoms with Gasteiger partial charge < -0.3 is 4.43 Å². The topological polar surface area (TPSA) is 9.23 Å². The molecule has 0 saturated carbocycles. The molecule has 0 bridgehead atoms. The van der Waals surface area contributed by atoms with E-state index in [4.69, 9.17) is 4.43 Å². The Bertz CT molecular complexity index is 331. The summed E-state index contributed by atoms with van der Waals surface area (Å²) in [5.41, 5.74) is 2.58. The molecule has 0 aliphatic heterocycles. The first kappa shape index (κ1) is 12.2. The van der Waals surface area contributed by atoms with Gasteiger partial charge in [-0.3, -0.25) is 0 Å². The molecule has 0 saturated heterocycles. The van der Waals surface area contributed by atoms with Gasteiger partial charge in [0.15, 0.2) is 8.32 Å². The summed E-state index contributed by atoms with van der Waals surface area (Å²) in [7, 11) is 0.412. The van der Waals surface area contributed by atoms with Crippen molar-refractivity contribution in [2.45, 2.75) is 25.6 Å². The maximum Gasteiger partial charge on any atom is 0.186 e. The molecule has 0 spiro atoms. The minimum Gasteiger partial charge on any atom is -0.420 e. The fourth-order valence-electron chi connectivity index (χ4n) is 1.42. The van der Waals surface area contributed by atoms with Crippen molar-refractivity contribution in [2.24, 2.45) is 0 Å². The summed E-state index contributed by atoms with van der Waals surface area (Å²) in [6, 6.07) is 9.72. The lowest BCUT2D eigenvalue weighted by molar-refractivity contribution is 0.403. The second-order valence-electron chi connectivity index (χ2n) is 4.41. The molecule has 0 unspecified atom stereocenters. The third-order valence-electron chi connectivity index (χ3n) is 2.76. The molecule has 1 rings (SSSR count). The van der Waals surface area contributed by atoms with Crippen molar-refractivity contribution in [2.75, 3.05) is 7.11 Å². The first-order chi connectivity index (χ1) is 7.07. The predicted octanol–water partition coefficient (Wildman–Crippen LogP) is 3.72. The average Bonchev–Trinajstić information content (AvgIpc) is 2.27. The van der Waals surface area contributed by atoms with Gasteiger partial charge in [-0.15, -0.1) is 0 Å². The van der Waals surface area contributed by atoms with Crippen molar-refractivity contribution in [3.63, 3.8) is 0 Å². The summed E-state index contributed by atoms with van der Waals surface area (Å²) in [5, 5.41) is 0. The summed E-state index contributed by atoms with van der Waals surface area (Å²) < 4.78 is 5.53. The van der Waals surface area contributed by atoms with Crippen LogP contribution >= 0.6 is 0 Å². The van der Waals surface area contributed by atoms with Crippen molar-refractivity contribution in [1.29, 1.82) is 0 Å². The first-order valence-electron chi connectivity index (χ1n) is 5.34. The smallest absolute Gasteiger partial charge is 0.186 e. The minimum atomic E-state index is -1.41. The van der Waals surface area contributed by atoms with E-state index in [1.807, 2.05) is 13.2 Å². The van der Waals surface area contributed by atoms with Crippen molar-refractivity contribution < 1.29 is 4.43 Å². The zero-order valence-electron chi connectivity index (χ0n) is 9.92. The molecule has 2 heteroatoms. The van der Waals surface area contributed by atoms with Crippen LogP contribution in [0.3, 0.4) is 0 Å². The van der Waals surface area contributed by atoms with Gasteiger partial charge in [0.2, 0.25) is 0 Å². The fourth-order valence-corrected chi connectivity index (χ4v) is 2.52. The van der Waals surface area contributed by atoms with Gasteiger partial charge in [0.05, 0.1) is 0 Å². The lowest BCUT2D eigenvalue weighted by Crippen LogP contribution is -2.28. The summed E-state index contributed by atoms with van der Waals surface area (Å²) in [6.45, 7) is 8.29. The number of hydrogen-bond donors (Lipinski definition) is 0. The second kappa shape index (κ2) is 5.28. The molecule has 0 aromatic heterocycles. The zero-order chi connectivity index (χ0) is 11.3. The Morgan fingerprint density at radius 2 is 2.13 bits per heavy atom. The minimum absolute atomic E-state index is 1.11. The van der Waals surface area contributed by atoms with Crippen molar-refractivity contribution in [1.82, 2.24) is 0 Å². The second-order valence-corrected chi connectivity index (χ2v) is 8.84. The Kier molecular flexibility index (Phi) is 4.30.